The Morgan fingerprint density at radius 2 is 2.37 bits per heavy atom. The SMILES string of the molecule is CCC(=O)C1C=CC(Cl)=CC1(Cl)OC1CCCCO1. The van der Waals surface area contributed by atoms with E-state index in [1.165, 1.54) is 0 Å². The molecule has 3 atom stereocenters. The first kappa shape index (κ1) is 15.0. The second kappa shape index (κ2) is 6.40. The third-order valence-electron chi connectivity index (χ3n) is 3.35. The molecule has 3 unspecified atom stereocenters. The van der Waals surface area contributed by atoms with Crippen LogP contribution in [0, 0.1) is 5.92 Å². The lowest BCUT2D eigenvalue weighted by Crippen LogP contribution is -2.42. The van der Waals surface area contributed by atoms with Crippen LogP contribution in [-0.2, 0) is 14.3 Å². The summed E-state index contributed by atoms with van der Waals surface area (Å²) in [5.74, 6) is -0.491. The summed E-state index contributed by atoms with van der Waals surface area (Å²) in [6.07, 6.45) is 7.88. The van der Waals surface area contributed by atoms with Crippen molar-refractivity contribution >= 4 is 29.0 Å². The number of allylic oxidation sites excluding steroid dienone is 2. The van der Waals surface area contributed by atoms with Gasteiger partial charge in [-0.05, 0) is 31.4 Å². The van der Waals surface area contributed by atoms with Crippen LogP contribution in [0.4, 0.5) is 0 Å². The summed E-state index contributed by atoms with van der Waals surface area (Å²) in [4.78, 5) is 12.0. The topological polar surface area (TPSA) is 35.5 Å². The Morgan fingerprint density at radius 1 is 1.58 bits per heavy atom. The normalized spacial score (nSPS) is 35.0. The molecule has 3 nitrogen and oxygen atoms in total. The molecule has 0 amide bonds. The summed E-state index contributed by atoms with van der Waals surface area (Å²) in [6, 6.07) is 0. The van der Waals surface area contributed by atoms with Crippen LogP contribution in [0.1, 0.15) is 32.6 Å². The van der Waals surface area contributed by atoms with E-state index in [0.29, 0.717) is 18.1 Å². The van der Waals surface area contributed by atoms with E-state index in [9.17, 15) is 4.79 Å². The maximum absolute atomic E-state index is 12.0. The molecule has 2 rings (SSSR count). The number of rotatable bonds is 4. The van der Waals surface area contributed by atoms with Crippen LogP contribution < -0.4 is 0 Å². The minimum atomic E-state index is -1.24. The average Bonchev–Trinajstić information content (AvgIpc) is 2.38. The molecular weight excluding hydrogens is 287 g/mol. The highest BCUT2D eigenvalue weighted by atomic mass is 35.5. The number of ketones is 1. The highest BCUT2D eigenvalue weighted by Crippen LogP contribution is 2.39. The number of alkyl halides is 1. The van der Waals surface area contributed by atoms with Gasteiger partial charge in [0.05, 0.1) is 5.92 Å². The van der Waals surface area contributed by atoms with Crippen molar-refractivity contribution in [2.75, 3.05) is 6.61 Å². The number of halogens is 2. The first-order valence-electron chi connectivity index (χ1n) is 6.63. The molecule has 106 valence electrons. The van der Waals surface area contributed by atoms with Crippen molar-refractivity contribution in [2.24, 2.45) is 5.92 Å². The van der Waals surface area contributed by atoms with Gasteiger partial charge in [0.25, 0.3) is 0 Å². The molecule has 2 aliphatic rings. The predicted octanol–water partition coefficient (Wildman–Crippen LogP) is 3.75. The van der Waals surface area contributed by atoms with Gasteiger partial charge in [0.1, 0.15) is 5.78 Å². The van der Waals surface area contributed by atoms with E-state index in [-0.39, 0.29) is 12.1 Å². The number of carbonyl (C=O) groups excluding carboxylic acids is 1. The fraction of sp³-hybridized carbons (Fsp3) is 0.643. The van der Waals surface area contributed by atoms with Crippen LogP contribution >= 0.6 is 23.2 Å². The van der Waals surface area contributed by atoms with Crippen LogP contribution in [0.15, 0.2) is 23.3 Å². The number of carbonyl (C=O) groups is 1. The predicted molar refractivity (Wildman–Crippen MR) is 75.1 cm³/mol. The quantitative estimate of drug-likeness (QED) is 0.742. The zero-order chi connectivity index (χ0) is 13.9. The third kappa shape index (κ3) is 3.60. The lowest BCUT2D eigenvalue weighted by Gasteiger charge is -2.36. The van der Waals surface area contributed by atoms with E-state index in [4.69, 9.17) is 32.7 Å². The lowest BCUT2D eigenvalue weighted by molar-refractivity contribution is -0.197. The van der Waals surface area contributed by atoms with Crippen molar-refractivity contribution in [1.82, 2.24) is 0 Å². The zero-order valence-electron chi connectivity index (χ0n) is 10.9. The third-order valence-corrected chi connectivity index (χ3v) is 4.02. The van der Waals surface area contributed by atoms with Gasteiger partial charge in [-0.3, -0.25) is 4.79 Å². The van der Waals surface area contributed by atoms with Gasteiger partial charge in [-0.25, -0.2) is 0 Å². The summed E-state index contributed by atoms with van der Waals surface area (Å²) >= 11 is 12.5. The minimum absolute atomic E-state index is 0.0301. The summed E-state index contributed by atoms with van der Waals surface area (Å²) < 4.78 is 11.4. The molecule has 0 aromatic rings. The number of hydrogen-bond donors (Lipinski definition) is 0. The number of ether oxygens (including phenoxy) is 2. The van der Waals surface area contributed by atoms with Crippen LogP contribution in [0.5, 0.6) is 0 Å². The standard InChI is InChI=1S/C14H18Cl2O3/c1-2-12(17)11-7-6-10(15)9-14(11,16)19-13-5-3-4-8-18-13/h6-7,9,11,13H,2-5,8H2,1H3. The summed E-state index contributed by atoms with van der Waals surface area (Å²) in [5.41, 5.74) is 0. The second-order valence-electron chi connectivity index (χ2n) is 4.80. The maximum atomic E-state index is 12.0. The fourth-order valence-corrected chi connectivity index (χ4v) is 3.01. The molecule has 0 aromatic carbocycles. The molecule has 5 heteroatoms. The van der Waals surface area contributed by atoms with Gasteiger partial charge in [0.15, 0.2) is 11.4 Å². The van der Waals surface area contributed by atoms with E-state index < -0.39 is 11.0 Å². The van der Waals surface area contributed by atoms with Gasteiger partial charge < -0.3 is 9.47 Å². The van der Waals surface area contributed by atoms with Gasteiger partial charge in [0.2, 0.25) is 0 Å². The minimum Gasteiger partial charge on any atom is -0.353 e. The van der Waals surface area contributed by atoms with Gasteiger partial charge in [-0.15, -0.1) is 0 Å². The molecule has 0 spiro atoms. The molecule has 1 aliphatic carbocycles. The Balaban J connectivity index is 2.15. The van der Waals surface area contributed by atoms with E-state index >= 15 is 0 Å². The molecule has 0 radical (unpaired) electrons. The van der Waals surface area contributed by atoms with Crippen molar-refractivity contribution in [2.45, 2.75) is 44.0 Å². The van der Waals surface area contributed by atoms with E-state index in [2.05, 4.69) is 0 Å². The van der Waals surface area contributed by atoms with Crippen LogP contribution in [0.25, 0.3) is 0 Å². The van der Waals surface area contributed by atoms with Crippen molar-refractivity contribution in [1.29, 1.82) is 0 Å². The van der Waals surface area contributed by atoms with Crippen LogP contribution in [-0.4, -0.2) is 23.7 Å². The fourth-order valence-electron chi connectivity index (χ4n) is 2.30. The van der Waals surface area contributed by atoms with Gasteiger partial charge >= 0.3 is 0 Å². The Morgan fingerprint density at radius 3 is 3.00 bits per heavy atom. The Kier molecular flexibility index (Phi) is 5.07. The van der Waals surface area contributed by atoms with E-state index in [1.807, 2.05) is 6.92 Å². The molecule has 19 heavy (non-hydrogen) atoms. The first-order chi connectivity index (χ1) is 9.05. The highest BCUT2D eigenvalue weighted by molar-refractivity contribution is 6.33. The van der Waals surface area contributed by atoms with Gasteiger partial charge in [-0.2, -0.15) is 0 Å². The van der Waals surface area contributed by atoms with Crippen molar-refractivity contribution in [3.8, 4) is 0 Å². The molecule has 0 bridgehead atoms. The molecule has 1 fully saturated rings. The largest absolute Gasteiger partial charge is 0.353 e. The Labute approximate surface area is 123 Å². The van der Waals surface area contributed by atoms with E-state index in [1.54, 1.807) is 18.2 Å². The zero-order valence-corrected chi connectivity index (χ0v) is 12.4. The number of hydrogen-bond acceptors (Lipinski definition) is 3. The Bertz CT molecular complexity index is 399. The van der Waals surface area contributed by atoms with E-state index in [0.717, 1.165) is 19.3 Å². The van der Waals surface area contributed by atoms with Gasteiger partial charge in [-0.1, -0.05) is 36.2 Å². The van der Waals surface area contributed by atoms with Crippen molar-refractivity contribution < 1.29 is 14.3 Å². The average molecular weight is 305 g/mol. The van der Waals surface area contributed by atoms with Gasteiger partial charge in [0, 0.05) is 18.1 Å². The molecular formula is C14H18Cl2O3. The Hall–Kier alpha value is -0.350. The van der Waals surface area contributed by atoms with Crippen LogP contribution in [0.2, 0.25) is 0 Å². The van der Waals surface area contributed by atoms with Crippen molar-refractivity contribution in [3.05, 3.63) is 23.3 Å². The molecule has 1 saturated heterocycles. The smallest absolute Gasteiger partial charge is 0.178 e. The molecule has 1 heterocycles. The maximum Gasteiger partial charge on any atom is 0.178 e. The molecule has 0 saturated carbocycles. The molecule has 1 aliphatic heterocycles. The van der Waals surface area contributed by atoms with Crippen molar-refractivity contribution in [3.63, 3.8) is 0 Å². The van der Waals surface area contributed by atoms with Crippen LogP contribution in [0.3, 0.4) is 0 Å². The molecule has 0 N–H and O–H groups in total. The first-order valence-corrected chi connectivity index (χ1v) is 7.38. The highest BCUT2D eigenvalue weighted by Gasteiger charge is 2.42. The summed E-state index contributed by atoms with van der Waals surface area (Å²) in [5, 5.41) is -0.757. The summed E-state index contributed by atoms with van der Waals surface area (Å²) in [7, 11) is 0. The lowest BCUT2D eigenvalue weighted by atomic mass is 9.91. The summed E-state index contributed by atoms with van der Waals surface area (Å²) in [6.45, 7) is 2.47. The number of Topliss-reactive ketones (excluding diaryl/α,β-unsaturated/α-hetero) is 1. The second-order valence-corrected chi connectivity index (χ2v) is 5.82. The monoisotopic (exact) mass is 304 g/mol. The molecule has 0 aromatic heterocycles.